The summed E-state index contributed by atoms with van der Waals surface area (Å²) >= 11 is 0. The third-order valence-electron chi connectivity index (χ3n) is 5.32. The molecule has 0 aromatic carbocycles. The number of aromatic nitrogens is 3. The summed E-state index contributed by atoms with van der Waals surface area (Å²) in [5, 5.41) is 5.55. The van der Waals surface area contributed by atoms with Gasteiger partial charge in [-0.15, -0.1) is 22.1 Å². The molecular formula is C32H53F2N6O2P. The van der Waals surface area contributed by atoms with E-state index < -0.39 is 18.6 Å². The maximum atomic E-state index is 12.0. The minimum atomic E-state index is -2.42. The van der Waals surface area contributed by atoms with Crippen molar-refractivity contribution >= 4 is 26.5 Å². The highest BCUT2D eigenvalue weighted by Gasteiger charge is 2.35. The average Bonchev–Trinajstić information content (AvgIpc) is 3.39. The van der Waals surface area contributed by atoms with E-state index >= 15 is 0 Å². The zero-order valence-electron chi connectivity index (χ0n) is 27.7. The Bertz CT molecular complexity index is 1150. The van der Waals surface area contributed by atoms with Crippen LogP contribution in [0.25, 0.3) is 11.1 Å². The van der Waals surface area contributed by atoms with Crippen LogP contribution in [0.4, 0.5) is 13.6 Å². The Morgan fingerprint density at radius 1 is 1.23 bits per heavy atom. The molecule has 1 saturated heterocycles. The quantitative estimate of drug-likeness (QED) is 0.152. The number of carbonyl (C=O) groups excluding carboxylic acids is 1. The predicted octanol–water partition coefficient (Wildman–Crippen LogP) is 7.20. The van der Waals surface area contributed by atoms with Crippen molar-refractivity contribution in [3.63, 3.8) is 0 Å². The van der Waals surface area contributed by atoms with Gasteiger partial charge >= 0.3 is 6.09 Å². The first-order valence-electron chi connectivity index (χ1n) is 14.6. The lowest BCUT2D eigenvalue weighted by Gasteiger charge is -2.39. The monoisotopic (exact) mass is 622 g/mol. The Hall–Kier alpha value is -3.31. The Kier molecular flexibility index (Phi) is 21.7. The van der Waals surface area contributed by atoms with Gasteiger partial charge in [0.15, 0.2) is 0 Å². The minimum absolute atomic E-state index is 0.186. The second-order valence-corrected chi connectivity index (χ2v) is 10.7. The molecule has 0 radical (unpaired) electrons. The topological polar surface area (TPSA) is 98.6 Å². The summed E-state index contributed by atoms with van der Waals surface area (Å²) < 4.78 is 30.7. The largest absolute Gasteiger partial charge is 0.444 e. The number of rotatable bonds is 7. The van der Waals surface area contributed by atoms with Crippen molar-refractivity contribution in [1.29, 1.82) is 0 Å². The van der Waals surface area contributed by atoms with E-state index in [-0.39, 0.29) is 18.0 Å². The molecule has 1 aliphatic rings. The Morgan fingerprint density at radius 3 is 2.30 bits per heavy atom. The number of pyridine rings is 1. The number of terminal acetylenes is 1. The molecule has 3 rings (SSSR count). The minimum Gasteiger partial charge on any atom is -0.444 e. The van der Waals surface area contributed by atoms with Crippen molar-refractivity contribution < 1.29 is 18.3 Å². The first kappa shape index (κ1) is 41.8. The molecule has 0 aliphatic carbocycles. The fourth-order valence-corrected chi connectivity index (χ4v) is 4.02. The van der Waals surface area contributed by atoms with Crippen molar-refractivity contribution in [2.75, 3.05) is 19.6 Å². The van der Waals surface area contributed by atoms with E-state index in [1.54, 1.807) is 11.0 Å². The highest BCUT2D eigenvalue weighted by atomic mass is 31.0. The first-order valence-corrected chi connectivity index (χ1v) is 15.2. The number of aryl methyl sites for hydroxylation is 1. The summed E-state index contributed by atoms with van der Waals surface area (Å²) in [6, 6.07) is 2.22. The Morgan fingerprint density at radius 2 is 1.81 bits per heavy atom. The molecule has 0 bridgehead atoms. The predicted molar refractivity (Wildman–Crippen MR) is 180 cm³/mol. The van der Waals surface area contributed by atoms with Crippen LogP contribution in [0, 0.1) is 19.8 Å². The van der Waals surface area contributed by atoms with Crippen molar-refractivity contribution in [2.45, 2.75) is 100 Å². The number of alkyl halides is 2. The first-order chi connectivity index (χ1) is 20.3. The van der Waals surface area contributed by atoms with E-state index in [4.69, 9.17) is 10.5 Å². The summed E-state index contributed by atoms with van der Waals surface area (Å²) in [5.74, 6) is 0.186. The van der Waals surface area contributed by atoms with Crippen LogP contribution in [0.5, 0.6) is 0 Å². The van der Waals surface area contributed by atoms with Gasteiger partial charge in [-0.25, -0.2) is 13.6 Å². The molecule has 0 spiro atoms. The van der Waals surface area contributed by atoms with E-state index in [1.165, 1.54) is 0 Å². The van der Waals surface area contributed by atoms with Gasteiger partial charge in [-0.05, 0) is 58.5 Å². The standard InChI is InChI=1S/C17H23N4O2P.C9H16F2N2.2C2H6.C2H2/c1-11-5-15(24)14(7-18-11)12-6-19-21(8-12)13-9-20(10-13)16(22)23-17(2,3)4;1-3-4-7(2)5-9(12)13-6-8(10)11;3*1-2/h5-8,13H,9-10,24H2,1-4H3;5,8H,3-4,6H2,1-2H3,(H2,12,13);2*1-2H3;1-2H/b;7-5+;;;. The number of likely N-dealkylation sites (tertiary alicyclic amines) is 1. The lowest BCUT2D eigenvalue weighted by atomic mass is 10.1. The van der Waals surface area contributed by atoms with Gasteiger partial charge in [-0.3, -0.25) is 14.7 Å². The van der Waals surface area contributed by atoms with Crippen LogP contribution >= 0.6 is 9.24 Å². The molecule has 8 nitrogen and oxygen atoms in total. The van der Waals surface area contributed by atoms with Crippen LogP contribution in [-0.2, 0) is 4.74 Å². The number of amidine groups is 1. The lowest BCUT2D eigenvalue weighted by Crippen LogP contribution is -2.52. The molecule has 1 aliphatic heterocycles. The number of amides is 1. The number of nitrogens with zero attached hydrogens (tertiary/aromatic N) is 5. The van der Waals surface area contributed by atoms with Gasteiger partial charge < -0.3 is 15.4 Å². The molecule has 1 fully saturated rings. The smallest absolute Gasteiger partial charge is 0.410 e. The maximum Gasteiger partial charge on any atom is 0.410 e. The maximum absolute atomic E-state index is 12.0. The van der Waals surface area contributed by atoms with E-state index in [1.807, 2.05) is 98.6 Å². The molecule has 1 amide bonds. The highest BCUT2D eigenvalue weighted by molar-refractivity contribution is 7.28. The third-order valence-corrected chi connectivity index (χ3v) is 5.80. The highest BCUT2D eigenvalue weighted by Crippen LogP contribution is 2.26. The summed E-state index contributed by atoms with van der Waals surface area (Å²) in [4.78, 5) is 21.6. The van der Waals surface area contributed by atoms with E-state index in [9.17, 15) is 13.6 Å². The second-order valence-electron chi connectivity index (χ2n) is 10.1. The van der Waals surface area contributed by atoms with Crippen molar-refractivity contribution in [3.8, 4) is 24.0 Å². The summed E-state index contributed by atoms with van der Waals surface area (Å²) in [7, 11) is 2.74. The molecule has 2 aromatic heterocycles. The second kappa shape index (κ2) is 22.3. The normalized spacial score (nSPS) is 13.1. The number of aliphatic imine (C=N–C) groups is 1. The van der Waals surface area contributed by atoms with Crippen LogP contribution in [0.3, 0.4) is 0 Å². The summed E-state index contributed by atoms with van der Waals surface area (Å²) in [6.07, 6.45) is 14.6. The molecule has 1 unspecified atom stereocenters. The number of allylic oxidation sites excluding steroid dienone is 1. The molecule has 0 saturated carbocycles. The van der Waals surface area contributed by atoms with Crippen molar-refractivity contribution in [1.82, 2.24) is 19.7 Å². The van der Waals surface area contributed by atoms with Crippen LogP contribution in [0.1, 0.15) is 86.9 Å². The van der Waals surface area contributed by atoms with Gasteiger partial charge in [-0.2, -0.15) is 5.10 Å². The summed E-state index contributed by atoms with van der Waals surface area (Å²) in [6.45, 7) is 20.3. The van der Waals surface area contributed by atoms with Crippen LogP contribution in [0.2, 0.25) is 0 Å². The van der Waals surface area contributed by atoms with E-state index in [0.29, 0.717) is 13.1 Å². The van der Waals surface area contributed by atoms with E-state index in [2.05, 4.69) is 37.2 Å². The third kappa shape index (κ3) is 16.8. The van der Waals surface area contributed by atoms with Crippen molar-refractivity contribution in [2.24, 2.45) is 10.7 Å². The number of halogens is 2. The lowest BCUT2D eigenvalue weighted by molar-refractivity contribution is -0.000387. The van der Waals surface area contributed by atoms with Crippen LogP contribution in [-0.4, -0.2) is 63.3 Å². The number of hydrogen-bond acceptors (Lipinski definition) is 5. The zero-order chi connectivity index (χ0) is 33.8. The van der Waals surface area contributed by atoms with Crippen LogP contribution in [0.15, 0.2) is 41.3 Å². The van der Waals surface area contributed by atoms with Gasteiger partial charge in [-0.1, -0.05) is 46.6 Å². The molecule has 2 N–H and O–H groups in total. The van der Waals surface area contributed by atoms with Gasteiger partial charge in [0.2, 0.25) is 0 Å². The number of nitrogens with two attached hydrogens (primary N) is 1. The zero-order valence-corrected chi connectivity index (χ0v) is 28.8. The summed E-state index contributed by atoms with van der Waals surface area (Å²) in [5.41, 5.74) is 9.07. The Labute approximate surface area is 260 Å². The molecule has 1 atom stereocenters. The molecule has 3 heterocycles. The van der Waals surface area contributed by atoms with Gasteiger partial charge in [0.1, 0.15) is 18.0 Å². The Balaban J connectivity index is 0. The number of hydrogen-bond donors (Lipinski definition) is 1. The van der Waals surface area contributed by atoms with Gasteiger partial charge in [0, 0.05) is 42.3 Å². The number of carbonyl (C=O) groups is 1. The molecule has 242 valence electrons. The number of ether oxygens (including phenoxy) is 1. The molecular weight excluding hydrogens is 569 g/mol. The fourth-order valence-electron chi connectivity index (χ4n) is 3.54. The van der Waals surface area contributed by atoms with Gasteiger partial charge in [0.05, 0.1) is 12.2 Å². The van der Waals surface area contributed by atoms with Gasteiger partial charge in [0.25, 0.3) is 6.43 Å². The van der Waals surface area contributed by atoms with Crippen LogP contribution < -0.4 is 11.0 Å². The molecule has 43 heavy (non-hydrogen) atoms. The fraction of sp³-hybridized carbons (Fsp3) is 0.562. The van der Waals surface area contributed by atoms with E-state index in [0.717, 1.165) is 40.5 Å². The van der Waals surface area contributed by atoms with Crippen molar-refractivity contribution in [3.05, 3.63) is 42.0 Å². The SMILES string of the molecule is C#C.CC.CC.CCC/C(C)=C/C(N)=NCC(F)F.Cc1cc(P)c(-c2cnn(C3CN(C(=O)OC(C)(C)C)C3)c2)cn1. The molecule has 11 heteroatoms. The molecule has 2 aromatic rings. The average molecular weight is 623 g/mol.